The van der Waals surface area contributed by atoms with Crippen molar-refractivity contribution < 1.29 is 4.74 Å². The third-order valence-corrected chi connectivity index (χ3v) is 1.86. The fourth-order valence-corrected chi connectivity index (χ4v) is 0.974. The summed E-state index contributed by atoms with van der Waals surface area (Å²) >= 11 is 0. The summed E-state index contributed by atoms with van der Waals surface area (Å²) in [7, 11) is 1.67. The zero-order valence-corrected chi connectivity index (χ0v) is 8.29. The van der Waals surface area contributed by atoms with E-state index in [0.29, 0.717) is 0 Å². The van der Waals surface area contributed by atoms with Crippen LogP contribution in [0.15, 0.2) is 36.0 Å². The third-order valence-electron chi connectivity index (χ3n) is 1.86. The second-order valence-corrected chi connectivity index (χ2v) is 2.83. The van der Waals surface area contributed by atoms with Gasteiger partial charge in [0, 0.05) is 11.4 Å². The van der Waals surface area contributed by atoms with Crippen LogP contribution < -0.4 is 10.1 Å². The Bertz CT molecular complexity index is 287. The van der Waals surface area contributed by atoms with Gasteiger partial charge in [0.05, 0.1) is 7.11 Å². The minimum Gasteiger partial charge on any atom is -0.497 e. The van der Waals surface area contributed by atoms with Crippen molar-refractivity contribution in [1.29, 1.82) is 0 Å². The summed E-state index contributed by atoms with van der Waals surface area (Å²) in [6, 6.07) is 7.86. The van der Waals surface area contributed by atoms with E-state index < -0.39 is 0 Å². The Kier molecular flexibility index (Phi) is 3.38. The van der Waals surface area contributed by atoms with Crippen molar-refractivity contribution in [3.63, 3.8) is 0 Å². The molecule has 13 heavy (non-hydrogen) atoms. The maximum absolute atomic E-state index is 5.06. The van der Waals surface area contributed by atoms with Gasteiger partial charge in [0.25, 0.3) is 0 Å². The van der Waals surface area contributed by atoms with E-state index in [0.717, 1.165) is 17.1 Å². The highest BCUT2D eigenvalue weighted by molar-refractivity contribution is 5.49. The molecule has 0 spiro atoms. The van der Waals surface area contributed by atoms with Crippen LogP contribution in [0.4, 0.5) is 5.69 Å². The monoisotopic (exact) mass is 177 g/mol. The van der Waals surface area contributed by atoms with Crippen LogP contribution in [0, 0.1) is 0 Å². The number of allylic oxidation sites excluding steroid dienone is 2. The summed E-state index contributed by atoms with van der Waals surface area (Å²) in [6.07, 6.45) is 2.03. The van der Waals surface area contributed by atoms with Crippen molar-refractivity contribution in [1.82, 2.24) is 0 Å². The van der Waals surface area contributed by atoms with Crippen molar-refractivity contribution in [2.75, 3.05) is 12.4 Å². The Hall–Kier alpha value is -1.44. The molecule has 2 nitrogen and oxygen atoms in total. The summed E-state index contributed by atoms with van der Waals surface area (Å²) in [5.74, 6) is 0.878. The van der Waals surface area contributed by atoms with Gasteiger partial charge < -0.3 is 10.1 Å². The molecule has 1 aromatic rings. The predicted molar refractivity (Wildman–Crippen MR) is 56.0 cm³/mol. The van der Waals surface area contributed by atoms with Crippen molar-refractivity contribution in [3.05, 3.63) is 36.0 Å². The van der Waals surface area contributed by atoms with Gasteiger partial charge in [-0.05, 0) is 38.1 Å². The Labute approximate surface area is 79.2 Å². The zero-order valence-electron chi connectivity index (χ0n) is 8.29. The number of methoxy groups -OCH3 is 1. The average Bonchev–Trinajstić information content (AvgIpc) is 2.19. The summed E-state index contributed by atoms with van der Waals surface area (Å²) in [5.41, 5.74) is 2.22. The average molecular weight is 177 g/mol. The number of ether oxygens (including phenoxy) is 1. The molecule has 2 heteroatoms. The molecule has 0 aliphatic carbocycles. The lowest BCUT2D eigenvalue weighted by molar-refractivity contribution is 0.415. The maximum Gasteiger partial charge on any atom is 0.119 e. The van der Waals surface area contributed by atoms with E-state index in [1.54, 1.807) is 7.11 Å². The number of benzene rings is 1. The highest BCUT2D eigenvalue weighted by atomic mass is 16.5. The van der Waals surface area contributed by atoms with Crippen molar-refractivity contribution >= 4 is 5.69 Å². The van der Waals surface area contributed by atoms with Gasteiger partial charge in [-0.25, -0.2) is 0 Å². The molecule has 1 aromatic carbocycles. The molecule has 0 saturated carbocycles. The second-order valence-electron chi connectivity index (χ2n) is 2.83. The molecule has 0 atom stereocenters. The SMILES string of the molecule is C/C=C(\C)Nc1ccc(OC)cc1. The molecule has 70 valence electrons. The van der Waals surface area contributed by atoms with Gasteiger partial charge in [0.1, 0.15) is 5.75 Å². The summed E-state index contributed by atoms with van der Waals surface area (Å²) in [4.78, 5) is 0. The molecule has 0 heterocycles. The van der Waals surface area contributed by atoms with Crippen LogP contribution in [-0.2, 0) is 0 Å². The Balaban J connectivity index is 2.69. The molecule has 0 aliphatic rings. The molecule has 0 aliphatic heterocycles. The van der Waals surface area contributed by atoms with Gasteiger partial charge in [0.15, 0.2) is 0 Å². The van der Waals surface area contributed by atoms with Crippen molar-refractivity contribution in [2.24, 2.45) is 0 Å². The van der Waals surface area contributed by atoms with Gasteiger partial charge >= 0.3 is 0 Å². The van der Waals surface area contributed by atoms with Gasteiger partial charge in [-0.1, -0.05) is 6.08 Å². The highest BCUT2D eigenvalue weighted by Crippen LogP contribution is 2.16. The van der Waals surface area contributed by atoms with E-state index in [1.165, 1.54) is 0 Å². The van der Waals surface area contributed by atoms with E-state index in [2.05, 4.69) is 5.32 Å². The molecule has 0 bridgehead atoms. The van der Waals surface area contributed by atoms with E-state index in [-0.39, 0.29) is 0 Å². The Morgan fingerprint density at radius 2 is 1.92 bits per heavy atom. The molecule has 0 radical (unpaired) electrons. The maximum atomic E-state index is 5.06. The number of nitrogens with one attached hydrogen (secondary N) is 1. The van der Waals surface area contributed by atoms with Gasteiger partial charge in [-0.2, -0.15) is 0 Å². The molecule has 0 aromatic heterocycles. The molecule has 0 unspecified atom stereocenters. The Morgan fingerprint density at radius 3 is 2.38 bits per heavy atom. The van der Waals surface area contributed by atoms with Gasteiger partial charge in [-0.15, -0.1) is 0 Å². The fraction of sp³-hybridized carbons (Fsp3) is 0.273. The predicted octanol–water partition coefficient (Wildman–Crippen LogP) is 3.03. The summed E-state index contributed by atoms with van der Waals surface area (Å²) in [6.45, 7) is 4.04. The first-order valence-electron chi connectivity index (χ1n) is 4.30. The van der Waals surface area contributed by atoms with Crippen LogP contribution in [0.5, 0.6) is 5.75 Å². The molecule has 0 saturated heterocycles. The highest BCUT2D eigenvalue weighted by Gasteiger charge is 1.92. The van der Waals surface area contributed by atoms with Crippen molar-refractivity contribution in [2.45, 2.75) is 13.8 Å². The second kappa shape index (κ2) is 4.55. The first-order valence-corrected chi connectivity index (χ1v) is 4.30. The molecular formula is C11H15NO. The number of hydrogen-bond acceptors (Lipinski definition) is 2. The molecule has 1 N–H and O–H groups in total. The quantitative estimate of drug-likeness (QED) is 0.766. The molecule has 0 fully saturated rings. The van der Waals surface area contributed by atoms with E-state index in [4.69, 9.17) is 4.74 Å². The fourth-order valence-electron chi connectivity index (χ4n) is 0.974. The van der Waals surface area contributed by atoms with E-state index >= 15 is 0 Å². The van der Waals surface area contributed by atoms with Gasteiger partial charge in [0.2, 0.25) is 0 Å². The topological polar surface area (TPSA) is 21.3 Å². The first kappa shape index (κ1) is 9.65. The van der Waals surface area contributed by atoms with Crippen molar-refractivity contribution in [3.8, 4) is 5.75 Å². The van der Waals surface area contributed by atoms with E-state index in [9.17, 15) is 0 Å². The minimum absolute atomic E-state index is 0.878. The van der Waals surface area contributed by atoms with Gasteiger partial charge in [-0.3, -0.25) is 0 Å². The lowest BCUT2D eigenvalue weighted by atomic mass is 10.3. The number of anilines is 1. The third kappa shape index (κ3) is 2.82. The minimum atomic E-state index is 0.878. The van der Waals surface area contributed by atoms with Crippen LogP contribution in [0.3, 0.4) is 0 Å². The Morgan fingerprint density at radius 1 is 1.31 bits per heavy atom. The standard InChI is InChI=1S/C11H15NO/c1-4-9(2)12-10-5-7-11(13-3)8-6-10/h4-8,12H,1-3H3/b9-4+. The normalized spacial score (nSPS) is 11.2. The molecular weight excluding hydrogens is 162 g/mol. The smallest absolute Gasteiger partial charge is 0.119 e. The number of hydrogen-bond donors (Lipinski definition) is 1. The van der Waals surface area contributed by atoms with Crippen LogP contribution in [0.25, 0.3) is 0 Å². The van der Waals surface area contributed by atoms with Crippen LogP contribution in [0.1, 0.15) is 13.8 Å². The largest absolute Gasteiger partial charge is 0.497 e. The molecule has 1 rings (SSSR count). The van der Waals surface area contributed by atoms with Crippen LogP contribution in [-0.4, -0.2) is 7.11 Å². The van der Waals surface area contributed by atoms with E-state index in [1.807, 2.05) is 44.2 Å². The zero-order chi connectivity index (χ0) is 9.68. The van der Waals surface area contributed by atoms with Crippen LogP contribution >= 0.6 is 0 Å². The van der Waals surface area contributed by atoms with Crippen LogP contribution in [0.2, 0.25) is 0 Å². The lowest BCUT2D eigenvalue weighted by Crippen LogP contribution is -1.94. The lowest BCUT2D eigenvalue weighted by Gasteiger charge is -2.06. The summed E-state index contributed by atoms with van der Waals surface area (Å²) < 4.78 is 5.06. The molecule has 0 amide bonds. The first-order chi connectivity index (χ1) is 6.26. The number of rotatable bonds is 3. The summed E-state index contributed by atoms with van der Waals surface area (Å²) in [5, 5.41) is 3.25.